The summed E-state index contributed by atoms with van der Waals surface area (Å²) in [6.07, 6.45) is 8.59. The van der Waals surface area contributed by atoms with Crippen molar-refractivity contribution in [2.24, 2.45) is 0 Å². The Balaban J connectivity index is 1.81. The maximum absolute atomic E-state index is 6.08. The lowest BCUT2D eigenvalue weighted by Gasteiger charge is -2.32. The fourth-order valence-corrected chi connectivity index (χ4v) is 3.92. The largest absolute Gasteiger partial charge is 0.514 e. The van der Waals surface area contributed by atoms with Gasteiger partial charge in [-0.1, -0.05) is 35.2 Å². The lowest BCUT2D eigenvalue weighted by atomic mass is 9.81. The number of nitrogens with zero attached hydrogens (tertiary/aromatic N) is 1. The van der Waals surface area contributed by atoms with E-state index in [0.717, 1.165) is 10.1 Å². The average molecular weight is 366 g/mol. The Morgan fingerprint density at radius 3 is 2.23 bits per heavy atom. The first-order chi connectivity index (χ1) is 10.3. The molecule has 0 bridgehead atoms. The summed E-state index contributed by atoms with van der Waals surface area (Å²) in [7, 11) is -0.387. The van der Waals surface area contributed by atoms with Crippen molar-refractivity contribution < 1.29 is 9.31 Å². The van der Waals surface area contributed by atoms with Crippen molar-refractivity contribution in [1.29, 1.82) is 0 Å². The zero-order valence-electron chi connectivity index (χ0n) is 14.0. The fraction of sp³-hybridized carbons (Fsp3) is 0.706. The van der Waals surface area contributed by atoms with Crippen LogP contribution in [0, 0.1) is 0 Å². The zero-order chi connectivity index (χ0) is 16.0. The lowest BCUT2D eigenvalue weighted by molar-refractivity contribution is 0.00578. The van der Waals surface area contributed by atoms with Crippen molar-refractivity contribution in [3.8, 4) is 0 Å². The molecular weight excluding hydrogens is 341 g/mol. The number of rotatable bonds is 2. The van der Waals surface area contributed by atoms with Gasteiger partial charge >= 0.3 is 7.12 Å². The molecule has 1 saturated heterocycles. The number of pyridine rings is 1. The monoisotopic (exact) mass is 365 g/mol. The van der Waals surface area contributed by atoms with Crippen molar-refractivity contribution in [2.75, 3.05) is 0 Å². The molecule has 22 heavy (non-hydrogen) atoms. The minimum Gasteiger partial charge on any atom is -0.398 e. The minimum absolute atomic E-state index is 0.326. The highest BCUT2D eigenvalue weighted by Gasteiger charge is 2.52. The molecule has 5 heteroatoms. The Labute approximate surface area is 142 Å². The van der Waals surface area contributed by atoms with E-state index in [2.05, 4.69) is 54.7 Å². The van der Waals surface area contributed by atoms with Crippen molar-refractivity contribution >= 4 is 28.6 Å². The van der Waals surface area contributed by atoms with Gasteiger partial charge in [-0.25, -0.2) is 0 Å². The van der Waals surface area contributed by atoms with Gasteiger partial charge in [0.15, 0.2) is 0 Å². The zero-order valence-corrected chi connectivity index (χ0v) is 15.6. The minimum atomic E-state index is -0.387. The van der Waals surface area contributed by atoms with Crippen molar-refractivity contribution in [2.45, 2.75) is 76.9 Å². The third-order valence-corrected chi connectivity index (χ3v) is 6.13. The van der Waals surface area contributed by atoms with Crippen molar-refractivity contribution in [3.63, 3.8) is 0 Å². The molecular formula is C17H25BBrNO2. The second-order valence-electron chi connectivity index (χ2n) is 7.55. The number of hydrogen-bond donors (Lipinski definition) is 0. The molecule has 1 saturated carbocycles. The standard InChI is InChI=1S/C17H25BBrNO2/c1-16(2)17(3,4)22-18(21-16)15-10-14(19)13(11-20-15)12-8-6-5-7-9-12/h10-12H,5-9H2,1-4H3. The molecule has 0 unspecified atom stereocenters. The van der Waals surface area contributed by atoms with Crippen LogP contribution >= 0.6 is 15.9 Å². The molecule has 0 amide bonds. The highest BCUT2D eigenvalue weighted by Crippen LogP contribution is 2.38. The number of aromatic nitrogens is 1. The molecule has 0 N–H and O–H groups in total. The number of halogens is 1. The van der Waals surface area contributed by atoms with E-state index in [1.807, 2.05) is 6.20 Å². The first kappa shape index (κ1) is 16.5. The van der Waals surface area contributed by atoms with Crippen LogP contribution in [0.4, 0.5) is 0 Å². The summed E-state index contributed by atoms with van der Waals surface area (Å²) < 4.78 is 13.3. The summed E-state index contributed by atoms with van der Waals surface area (Å²) in [6.45, 7) is 8.27. The fourth-order valence-electron chi connectivity index (χ4n) is 3.26. The quantitative estimate of drug-likeness (QED) is 0.736. The van der Waals surface area contributed by atoms with E-state index < -0.39 is 0 Å². The average Bonchev–Trinajstić information content (AvgIpc) is 2.68. The van der Waals surface area contributed by atoms with Crippen molar-refractivity contribution in [1.82, 2.24) is 4.98 Å². The van der Waals surface area contributed by atoms with Gasteiger partial charge in [0, 0.05) is 10.7 Å². The van der Waals surface area contributed by atoms with Gasteiger partial charge in [0.25, 0.3) is 0 Å². The molecule has 3 rings (SSSR count). The van der Waals surface area contributed by atoms with Crippen LogP contribution in [-0.4, -0.2) is 23.3 Å². The highest BCUT2D eigenvalue weighted by molar-refractivity contribution is 9.10. The van der Waals surface area contributed by atoms with Gasteiger partial charge in [-0.15, -0.1) is 0 Å². The van der Waals surface area contributed by atoms with Gasteiger partial charge in [0.05, 0.1) is 16.8 Å². The van der Waals surface area contributed by atoms with Crippen LogP contribution < -0.4 is 5.59 Å². The van der Waals surface area contributed by atoms with E-state index in [4.69, 9.17) is 9.31 Å². The van der Waals surface area contributed by atoms with E-state index in [1.165, 1.54) is 37.7 Å². The summed E-state index contributed by atoms with van der Waals surface area (Å²) in [4.78, 5) is 4.65. The van der Waals surface area contributed by atoms with Crippen LogP contribution in [0.5, 0.6) is 0 Å². The third-order valence-electron chi connectivity index (χ3n) is 5.44. The van der Waals surface area contributed by atoms with E-state index in [1.54, 1.807) is 0 Å². The third kappa shape index (κ3) is 3.00. The Kier molecular flexibility index (Phi) is 4.43. The maximum atomic E-state index is 6.08. The molecule has 2 fully saturated rings. The molecule has 2 aliphatic rings. The summed E-state index contributed by atoms with van der Waals surface area (Å²) in [5.41, 5.74) is 1.53. The van der Waals surface area contributed by atoms with E-state index >= 15 is 0 Å². The molecule has 1 aromatic rings. The van der Waals surface area contributed by atoms with Crippen LogP contribution in [0.2, 0.25) is 0 Å². The Morgan fingerprint density at radius 1 is 1.09 bits per heavy atom. The van der Waals surface area contributed by atoms with Gasteiger partial charge in [0.1, 0.15) is 0 Å². The van der Waals surface area contributed by atoms with Crippen LogP contribution in [0.1, 0.15) is 71.3 Å². The maximum Gasteiger partial charge on any atom is 0.514 e. The van der Waals surface area contributed by atoms with Gasteiger partial charge in [-0.2, -0.15) is 0 Å². The van der Waals surface area contributed by atoms with E-state index in [9.17, 15) is 0 Å². The first-order valence-electron chi connectivity index (χ1n) is 8.31. The van der Waals surface area contributed by atoms with Crippen molar-refractivity contribution in [3.05, 3.63) is 22.3 Å². The summed E-state index contributed by atoms with van der Waals surface area (Å²) >= 11 is 3.74. The Bertz CT molecular complexity index is 540. The molecule has 3 nitrogen and oxygen atoms in total. The van der Waals surface area contributed by atoms with Crippen LogP contribution in [-0.2, 0) is 9.31 Å². The topological polar surface area (TPSA) is 31.4 Å². The summed E-state index contributed by atoms with van der Waals surface area (Å²) in [5.74, 6) is 0.642. The van der Waals surface area contributed by atoms with Crippen LogP contribution in [0.15, 0.2) is 16.7 Å². The smallest absolute Gasteiger partial charge is 0.398 e. The van der Waals surface area contributed by atoms with Gasteiger partial charge < -0.3 is 9.31 Å². The van der Waals surface area contributed by atoms with E-state index in [0.29, 0.717) is 5.92 Å². The molecule has 0 atom stereocenters. The molecule has 0 radical (unpaired) electrons. The van der Waals surface area contributed by atoms with E-state index in [-0.39, 0.29) is 18.3 Å². The molecule has 0 aromatic carbocycles. The first-order valence-corrected chi connectivity index (χ1v) is 9.10. The highest BCUT2D eigenvalue weighted by atomic mass is 79.9. The Hall–Kier alpha value is -0.385. The number of hydrogen-bond acceptors (Lipinski definition) is 3. The SMILES string of the molecule is CC1(C)OB(c2cc(Br)c(C3CCCCC3)cn2)OC1(C)C. The second-order valence-corrected chi connectivity index (χ2v) is 8.41. The lowest BCUT2D eigenvalue weighted by Crippen LogP contribution is -2.41. The normalized spacial score (nSPS) is 24.7. The molecule has 1 aromatic heterocycles. The van der Waals surface area contributed by atoms with Crippen LogP contribution in [0.3, 0.4) is 0 Å². The molecule has 120 valence electrons. The van der Waals surface area contributed by atoms with Gasteiger partial charge in [-0.3, -0.25) is 4.98 Å². The van der Waals surface area contributed by atoms with Gasteiger partial charge in [0.2, 0.25) is 0 Å². The summed E-state index contributed by atoms with van der Waals surface area (Å²) in [6, 6.07) is 2.08. The predicted molar refractivity (Wildman–Crippen MR) is 93.5 cm³/mol. The molecule has 0 spiro atoms. The predicted octanol–water partition coefficient (Wildman–Crippen LogP) is 4.19. The van der Waals surface area contributed by atoms with Gasteiger partial charge in [-0.05, 0) is 58.1 Å². The molecule has 1 aliphatic heterocycles. The molecule has 1 aliphatic carbocycles. The molecule has 2 heterocycles. The summed E-state index contributed by atoms with van der Waals surface area (Å²) in [5, 5.41) is 0. The van der Waals surface area contributed by atoms with Crippen LogP contribution in [0.25, 0.3) is 0 Å². The second kappa shape index (κ2) is 5.92. The Morgan fingerprint density at radius 2 is 1.68 bits per heavy atom.